The maximum atomic E-state index is 12.7. The minimum absolute atomic E-state index is 0.0158. The molecule has 0 bridgehead atoms. The lowest BCUT2D eigenvalue weighted by Crippen LogP contribution is -2.46. The Balaban J connectivity index is 1.65. The van der Waals surface area contributed by atoms with Gasteiger partial charge < -0.3 is 9.64 Å². The summed E-state index contributed by atoms with van der Waals surface area (Å²) in [6.45, 7) is 3.74. The van der Waals surface area contributed by atoms with Crippen LogP contribution in [0.1, 0.15) is 54.6 Å². The molecule has 3 rings (SSSR count). The summed E-state index contributed by atoms with van der Waals surface area (Å²) in [5, 5.41) is 0. The van der Waals surface area contributed by atoms with Crippen molar-refractivity contribution in [1.29, 1.82) is 0 Å². The number of sulfone groups is 1. The van der Waals surface area contributed by atoms with E-state index in [1.807, 2.05) is 12.1 Å². The summed E-state index contributed by atoms with van der Waals surface area (Å²) in [7, 11) is -3.09. The molecule has 0 radical (unpaired) electrons. The SMILES string of the molecule is CCN(C(=O)[C@@H](C)OC(=O)c1ccc2c(c1)CCCC2)[C@H]1CCS(=O)(=O)C1. The number of fused-ring (bicyclic) bond motifs is 1. The van der Waals surface area contributed by atoms with Gasteiger partial charge in [-0.2, -0.15) is 0 Å². The van der Waals surface area contributed by atoms with E-state index in [0.29, 0.717) is 18.5 Å². The van der Waals surface area contributed by atoms with Crippen molar-refractivity contribution >= 4 is 21.7 Å². The number of carbonyl (C=O) groups excluding carboxylic acids is 2. The van der Waals surface area contributed by atoms with Crippen molar-refractivity contribution in [1.82, 2.24) is 4.90 Å². The highest BCUT2D eigenvalue weighted by Crippen LogP contribution is 2.23. The lowest BCUT2D eigenvalue weighted by molar-refractivity contribution is -0.141. The first-order valence-corrected chi connectivity index (χ1v) is 11.5. The number of aryl methyl sites for hydroxylation is 2. The van der Waals surface area contributed by atoms with Crippen LogP contribution < -0.4 is 0 Å². The number of amides is 1. The summed E-state index contributed by atoms with van der Waals surface area (Å²) in [6, 6.07) is 5.26. The molecule has 0 unspecified atom stereocenters. The topological polar surface area (TPSA) is 80.8 Å². The first kappa shape index (κ1) is 19.9. The number of rotatable bonds is 5. The van der Waals surface area contributed by atoms with Gasteiger partial charge in [0.25, 0.3) is 5.91 Å². The van der Waals surface area contributed by atoms with Crippen molar-refractivity contribution < 1.29 is 22.7 Å². The number of carbonyl (C=O) groups is 2. The largest absolute Gasteiger partial charge is 0.449 e. The van der Waals surface area contributed by atoms with E-state index in [1.54, 1.807) is 19.9 Å². The Labute approximate surface area is 160 Å². The number of benzene rings is 1. The Morgan fingerprint density at radius 2 is 1.93 bits per heavy atom. The number of hydrogen-bond donors (Lipinski definition) is 0. The highest BCUT2D eigenvalue weighted by molar-refractivity contribution is 7.91. The molecule has 2 atom stereocenters. The fraction of sp³-hybridized carbons (Fsp3) is 0.600. The molecule has 148 valence electrons. The van der Waals surface area contributed by atoms with E-state index in [0.717, 1.165) is 19.3 Å². The molecule has 1 fully saturated rings. The molecule has 1 amide bonds. The molecular weight excluding hydrogens is 366 g/mol. The molecule has 0 saturated carbocycles. The van der Waals surface area contributed by atoms with Gasteiger partial charge in [0.1, 0.15) is 0 Å². The van der Waals surface area contributed by atoms with Crippen LogP contribution in [0.25, 0.3) is 0 Å². The summed E-state index contributed by atoms with van der Waals surface area (Å²) < 4.78 is 28.8. The molecule has 7 heteroatoms. The van der Waals surface area contributed by atoms with Gasteiger partial charge in [0, 0.05) is 12.6 Å². The Morgan fingerprint density at radius 1 is 1.22 bits per heavy atom. The third-order valence-corrected chi connectivity index (χ3v) is 7.24. The van der Waals surface area contributed by atoms with E-state index in [-0.39, 0.29) is 23.5 Å². The molecule has 1 aliphatic heterocycles. The number of esters is 1. The van der Waals surface area contributed by atoms with Crippen LogP contribution in [0.5, 0.6) is 0 Å². The van der Waals surface area contributed by atoms with Crippen LogP contribution in [-0.4, -0.2) is 55.4 Å². The second-order valence-corrected chi connectivity index (χ2v) is 9.65. The number of likely N-dealkylation sites (N-methyl/N-ethyl adjacent to an activating group) is 1. The monoisotopic (exact) mass is 393 g/mol. The van der Waals surface area contributed by atoms with E-state index in [4.69, 9.17) is 4.74 Å². The maximum Gasteiger partial charge on any atom is 0.338 e. The third kappa shape index (κ3) is 4.51. The molecular formula is C20H27NO5S. The van der Waals surface area contributed by atoms with Gasteiger partial charge in [0.2, 0.25) is 0 Å². The van der Waals surface area contributed by atoms with Gasteiger partial charge in [-0.25, -0.2) is 13.2 Å². The molecule has 6 nitrogen and oxygen atoms in total. The second kappa shape index (κ2) is 8.00. The standard InChI is InChI=1S/C20H27NO5S/c1-3-21(18-10-11-27(24,25)13-18)19(22)14(2)26-20(23)17-9-8-15-6-4-5-7-16(15)12-17/h8-9,12,14,18H,3-7,10-11,13H2,1-2H3/t14-,18+/m1/s1. The zero-order valence-corrected chi connectivity index (χ0v) is 16.8. The first-order chi connectivity index (χ1) is 12.8. The Kier molecular flexibility index (Phi) is 5.89. The van der Waals surface area contributed by atoms with Crippen molar-refractivity contribution in [3.63, 3.8) is 0 Å². The summed E-state index contributed by atoms with van der Waals surface area (Å²) in [5.74, 6) is -0.770. The average Bonchev–Trinajstić information content (AvgIpc) is 3.01. The summed E-state index contributed by atoms with van der Waals surface area (Å²) in [5.41, 5.74) is 2.92. The number of ether oxygens (including phenoxy) is 1. The number of hydrogen-bond acceptors (Lipinski definition) is 5. The van der Waals surface area contributed by atoms with Gasteiger partial charge in [-0.1, -0.05) is 6.07 Å². The molecule has 27 heavy (non-hydrogen) atoms. The highest BCUT2D eigenvalue weighted by Gasteiger charge is 2.36. The average molecular weight is 394 g/mol. The van der Waals surface area contributed by atoms with E-state index in [9.17, 15) is 18.0 Å². The molecule has 0 aromatic heterocycles. The molecule has 1 aliphatic carbocycles. The molecule has 1 aromatic rings. The zero-order chi connectivity index (χ0) is 19.6. The minimum atomic E-state index is -3.09. The van der Waals surface area contributed by atoms with Crippen LogP contribution in [0.4, 0.5) is 0 Å². The van der Waals surface area contributed by atoms with Crippen LogP contribution in [-0.2, 0) is 32.2 Å². The van der Waals surface area contributed by atoms with Crippen LogP contribution in [0.3, 0.4) is 0 Å². The van der Waals surface area contributed by atoms with Gasteiger partial charge in [0.15, 0.2) is 15.9 Å². The second-order valence-electron chi connectivity index (χ2n) is 7.42. The molecule has 2 aliphatic rings. The fourth-order valence-corrected chi connectivity index (χ4v) is 5.72. The quantitative estimate of drug-likeness (QED) is 0.716. The van der Waals surface area contributed by atoms with Crippen LogP contribution in [0.15, 0.2) is 18.2 Å². The van der Waals surface area contributed by atoms with Crippen molar-refractivity contribution in [2.24, 2.45) is 0 Å². The predicted octanol–water partition coefficient (Wildman–Crippen LogP) is 2.15. The summed E-state index contributed by atoms with van der Waals surface area (Å²) >= 11 is 0. The van der Waals surface area contributed by atoms with E-state index < -0.39 is 21.9 Å². The minimum Gasteiger partial charge on any atom is -0.449 e. The normalized spacial score (nSPS) is 21.9. The summed E-state index contributed by atoms with van der Waals surface area (Å²) in [4.78, 5) is 26.7. The molecule has 1 saturated heterocycles. The molecule has 0 N–H and O–H groups in total. The van der Waals surface area contributed by atoms with Gasteiger partial charge in [-0.3, -0.25) is 4.79 Å². The first-order valence-electron chi connectivity index (χ1n) is 9.64. The maximum absolute atomic E-state index is 12.7. The lowest BCUT2D eigenvalue weighted by Gasteiger charge is -2.29. The fourth-order valence-electron chi connectivity index (χ4n) is 3.99. The van der Waals surface area contributed by atoms with Gasteiger partial charge in [-0.05, 0) is 69.2 Å². The van der Waals surface area contributed by atoms with E-state index in [1.165, 1.54) is 22.4 Å². The van der Waals surface area contributed by atoms with E-state index in [2.05, 4.69) is 0 Å². The summed E-state index contributed by atoms with van der Waals surface area (Å²) in [6.07, 6.45) is 3.78. The highest BCUT2D eigenvalue weighted by atomic mass is 32.2. The molecule has 1 aromatic carbocycles. The zero-order valence-electron chi connectivity index (χ0n) is 15.9. The lowest BCUT2D eigenvalue weighted by atomic mass is 9.90. The Bertz CT molecular complexity index is 833. The van der Waals surface area contributed by atoms with Gasteiger partial charge in [0.05, 0.1) is 17.1 Å². The van der Waals surface area contributed by atoms with Crippen LogP contribution in [0.2, 0.25) is 0 Å². The van der Waals surface area contributed by atoms with Crippen LogP contribution in [0, 0.1) is 0 Å². The van der Waals surface area contributed by atoms with Crippen LogP contribution >= 0.6 is 0 Å². The van der Waals surface area contributed by atoms with Crippen molar-refractivity contribution in [3.05, 3.63) is 34.9 Å². The van der Waals surface area contributed by atoms with E-state index >= 15 is 0 Å². The predicted molar refractivity (Wildman–Crippen MR) is 102 cm³/mol. The molecule has 1 heterocycles. The Hall–Kier alpha value is -1.89. The van der Waals surface area contributed by atoms with Crippen molar-refractivity contribution in [2.45, 2.75) is 58.1 Å². The van der Waals surface area contributed by atoms with Crippen molar-refractivity contribution in [3.8, 4) is 0 Å². The van der Waals surface area contributed by atoms with Crippen molar-refractivity contribution in [2.75, 3.05) is 18.1 Å². The number of nitrogens with zero attached hydrogens (tertiary/aromatic N) is 1. The van der Waals surface area contributed by atoms with Gasteiger partial charge in [-0.15, -0.1) is 0 Å². The third-order valence-electron chi connectivity index (χ3n) is 5.49. The smallest absolute Gasteiger partial charge is 0.338 e. The van der Waals surface area contributed by atoms with Gasteiger partial charge >= 0.3 is 5.97 Å². The molecule has 0 spiro atoms. The Morgan fingerprint density at radius 3 is 2.56 bits per heavy atom.